The minimum Gasteiger partial charge on any atom is -0.496 e. The molecule has 0 aliphatic rings. The smallest absolute Gasteiger partial charge is 0.303 e. The molecule has 0 aliphatic carbocycles. The molecular formula is C16H24O3. The second-order valence-electron chi connectivity index (χ2n) is 5.62. The van der Waals surface area contributed by atoms with Crippen molar-refractivity contribution in [1.29, 1.82) is 0 Å². The summed E-state index contributed by atoms with van der Waals surface area (Å²) in [6.07, 6.45) is 1.00. The molecule has 0 aromatic heterocycles. The van der Waals surface area contributed by atoms with Gasteiger partial charge in [-0.1, -0.05) is 19.9 Å². The highest BCUT2D eigenvalue weighted by Crippen LogP contribution is 2.37. The number of ether oxygens (including phenoxy) is 1. The van der Waals surface area contributed by atoms with Crippen molar-refractivity contribution in [3.05, 3.63) is 28.8 Å². The molecule has 0 bridgehead atoms. The van der Waals surface area contributed by atoms with E-state index < -0.39 is 5.97 Å². The molecule has 1 aromatic rings. The van der Waals surface area contributed by atoms with Crippen molar-refractivity contribution in [3.63, 3.8) is 0 Å². The monoisotopic (exact) mass is 264 g/mol. The van der Waals surface area contributed by atoms with Crippen molar-refractivity contribution in [2.45, 2.75) is 46.5 Å². The van der Waals surface area contributed by atoms with Gasteiger partial charge in [0.05, 0.1) is 13.5 Å². The zero-order valence-corrected chi connectivity index (χ0v) is 12.5. The minimum atomic E-state index is -0.757. The van der Waals surface area contributed by atoms with E-state index in [0.29, 0.717) is 5.92 Å². The largest absolute Gasteiger partial charge is 0.496 e. The lowest BCUT2D eigenvalue weighted by Gasteiger charge is -2.23. The summed E-state index contributed by atoms with van der Waals surface area (Å²) in [4.78, 5) is 11.1. The van der Waals surface area contributed by atoms with Gasteiger partial charge in [0.25, 0.3) is 0 Å². The maximum atomic E-state index is 11.1. The molecule has 1 N–H and O–H groups in total. The highest BCUT2D eigenvalue weighted by molar-refractivity contribution is 5.68. The molecule has 0 heterocycles. The fourth-order valence-corrected chi connectivity index (χ4v) is 2.71. The van der Waals surface area contributed by atoms with Crippen LogP contribution in [0.1, 0.15) is 49.3 Å². The first-order valence-electron chi connectivity index (χ1n) is 6.72. The molecule has 19 heavy (non-hydrogen) atoms. The Morgan fingerprint density at radius 1 is 1.32 bits per heavy atom. The Morgan fingerprint density at radius 3 is 2.42 bits per heavy atom. The number of carboxylic acid groups (broad SMARTS) is 1. The summed E-state index contributed by atoms with van der Waals surface area (Å²) in [5.41, 5.74) is 3.30. The van der Waals surface area contributed by atoms with Crippen LogP contribution in [0, 0.1) is 19.8 Å². The van der Waals surface area contributed by atoms with Crippen molar-refractivity contribution < 1.29 is 14.6 Å². The van der Waals surface area contributed by atoms with Crippen LogP contribution in [0.3, 0.4) is 0 Å². The summed E-state index contributed by atoms with van der Waals surface area (Å²) in [5.74, 6) is 0.514. The third-order valence-corrected chi connectivity index (χ3v) is 3.30. The van der Waals surface area contributed by atoms with Gasteiger partial charge in [0.2, 0.25) is 0 Å². The number of carboxylic acids is 1. The molecular weight excluding hydrogens is 240 g/mol. The zero-order valence-electron chi connectivity index (χ0n) is 12.5. The second kappa shape index (κ2) is 6.60. The molecule has 0 aliphatic heterocycles. The number of aliphatic carboxylic acids is 1. The van der Waals surface area contributed by atoms with Crippen LogP contribution in [0.25, 0.3) is 0 Å². The van der Waals surface area contributed by atoms with E-state index in [9.17, 15) is 4.79 Å². The van der Waals surface area contributed by atoms with Gasteiger partial charge in [-0.2, -0.15) is 0 Å². The molecule has 3 heteroatoms. The molecule has 0 saturated carbocycles. The predicted octanol–water partition coefficient (Wildman–Crippen LogP) is 3.92. The number of carbonyl (C=O) groups is 1. The number of benzene rings is 1. The molecule has 106 valence electrons. The van der Waals surface area contributed by atoms with E-state index in [2.05, 4.69) is 19.9 Å². The molecule has 1 rings (SSSR count). The average molecular weight is 264 g/mol. The summed E-state index contributed by atoms with van der Waals surface area (Å²) in [5, 5.41) is 9.13. The molecule has 0 fully saturated rings. The van der Waals surface area contributed by atoms with Crippen LogP contribution < -0.4 is 4.74 Å². The quantitative estimate of drug-likeness (QED) is 0.847. The van der Waals surface area contributed by atoms with Crippen LogP contribution in [0.15, 0.2) is 12.1 Å². The Kier molecular flexibility index (Phi) is 5.40. The van der Waals surface area contributed by atoms with Gasteiger partial charge < -0.3 is 9.84 Å². The Bertz CT molecular complexity index is 450. The number of hydrogen-bond acceptors (Lipinski definition) is 2. The number of rotatable bonds is 6. The first kappa shape index (κ1) is 15.5. The van der Waals surface area contributed by atoms with Gasteiger partial charge >= 0.3 is 5.97 Å². The van der Waals surface area contributed by atoms with Crippen LogP contribution in [-0.2, 0) is 4.79 Å². The van der Waals surface area contributed by atoms with Gasteiger partial charge in [-0.15, -0.1) is 0 Å². The van der Waals surface area contributed by atoms with Gasteiger partial charge in [0.1, 0.15) is 5.75 Å². The standard InChI is InChI=1S/C16H24O3/c1-10(2)6-13(9-15(17)18)16-12(4)7-11(3)8-14(16)19-5/h7-8,10,13H,6,9H2,1-5H3,(H,17,18). The van der Waals surface area contributed by atoms with E-state index in [-0.39, 0.29) is 12.3 Å². The summed E-state index contributed by atoms with van der Waals surface area (Å²) in [6.45, 7) is 8.28. The molecule has 0 saturated heterocycles. The lowest BCUT2D eigenvalue weighted by atomic mass is 9.84. The fourth-order valence-electron chi connectivity index (χ4n) is 2.71. The first-order valence-corrected chi connectivity index (χ1v) is 6.72. The van der Waals surface area contributed by atoms with E-state index in [1.165, 1.54) is 0 Å². The molecule has 0 amide bonds. The maximum Gasteiger partial charge on any atom is 0.303 e. The van der Waals surface area contributed by atoms with Crippen molar-refractivity contribution >= 4 is 5.97 Å². The Balaban J connectivity index is 3.23. The molecule has 1 atom stereocenters. The molecule has 1 unspecified atom stereocenters. The second-order valence-corrected chi connectivity index (χ2v) is 5.62. The molecule has 3 nitrogen and oxygen atoms in total. The van der Waals surface area contributed by atoms with Crippen LogP contribution in [0.4, 0.5) is 0 Å². The lowest BCUT2D eigenvalue weighted by Crippen LogP contribution is -2.12. The third-order valence-electron chi connectivity index (χ3n) is 3.30. The van der Waals surface area contributed by atoms with Gasteiger partial charge in [0.15, 0.2) is 0 Å². The normalized spacial score (nSPS) is 12.5. The molecule has 1 aromatic carbocycles. The first-order chi connectivity index (χ1) is 8.85. The number of aryl methyl sites for hydroxylation is 2. The van der Waals surface area contributed by atoms with Crippen molar-refractivity contribution in [3.8, 4) is 5.75 Å². The van der Waals surface area contributed by atoms with Crippen molar-refractivity contribution in [2.24, 2.45) is 5.92 Å². The van der Waals surface area contributed by atoms with Crippen molar-refractivity contribution in [1.82, 2.24) is 0 Å². The highest BCUT2D eigenvalue weighted by atomic mass is 16.5. The molecule has 0 spiro atoms. The van der Waals surface area contributed by atoms with Crippen LogP contribution in [-0.4, -0.2) is 18.2 Å². The van der Waals surface area contributed by atoms with Crippen LogP contribution in [0.5, 0.6) is 5.75 Å². The lowest BCUT2D eigenvalue weighted by molar-refractivity contribution is -0.137. The van der Waals surface area contributed by atoms with E-state index in [1.807, 2.05) is 19.9 Å². The SMILES string of the molecule is COc1cc(C)cc(C)c1C(CC(=O)O)CC(C)C. The van der Waals surface area contributed by atoms with Crippen LogP contribution >= 0.6 is 0 Å². The summed E-state index contributed by atoms with van der Waals surface area (Å²) < 4.78 is 5.46. The Hall–Kier alpha value is -1.51. The van der Waals surface area contributed by atoms with Gasteiger partial charge in [-0.3, -0.25) is 4.79 Å². The van der Waals surface area contributed by atoms with E-state index in [0.717, 1.165) is 28.9 Å². The van der Waals surface area contributed by atoms with E-state index in [1.54, 1.807) is 7.11 Å². The maximum absolute atomic E-state index is 11.1. The van der Waals surface area contributed by atoms with Gasteiger partial charge in [-0.25, -0.2) is 0 Å². The topological polar surface area (TPSA) is 46.5 Å². The number of hydrogen-bond donors (Lipinski definition) is 1. The average Bonchev–Trinajstić information content (AvgIpc) is 2.25. The van der Waals surface area contributed by atoms with Crippen LogP contribution in [0.2, 0.25) is 0 Å². The van der Waals surface area contributed by atoms with Crippen molar-refractivity contribution in [2.75, 3.05) is 7.11 Å². The van der Waals surface area contributed by atoms with E-state index in [4.69, 9.17) is 9.84 Å². The zero-order chi connectivity index (χ0) is 14.6. The Morgan fingerprint density at radius 2 is 1.95 bits per heavy atom. The predicted molar refractivity (Wildman–Crippen MR) is 76.9 cm³/mol. The Labute approximate surface area is 115 Å². The highest BCUT2D eigenvalue weighted by Gasteiger charge is 2.22. The molecule has 0 radical (unpaired) electrons. The fraction of sp³-hybridized carbons (Fsp3) is 0.562. The van der Waals surface area contributed by atoms with Gasteiger partial charge in [0, 0.05) is 5.56 Å². The minimum absolute atomic E-state index is 0.00745. The number of methoxy groups -OCH3 is 1. The van der Waals surface area contributed by atoms with E-state index >= 15 is 0 Å². The third kappa shape index (κ3) is 4.27. The van der Waals surface area contributed by atoms with Gasteiger partial charge in [-0.05, 0) is 49.3 Å². The summed E-state index contributed by atoms with van der Waals surface area (Å²) in [6, 6.07) is 4.07. The summed E-state index contributed by atoms with van der Waals surface area (Å²) >= 11 is 0. The summed E-state index contributed by atoms with van der Waals surface area (Å²) in [7, 11) is 1.64.